The number of carbonyl (C=O) groups excluding carboxylic acids is 1. The van der Waals surface area contributed by atoms with Crippen LogP contribution in [-0.4, -0.2) is 10.8 Å². The SMILES string of the molecule is CCCCc1ccc(N2C(=O)c3ccccc3N[C@@H]2c2ccc([N+](=O)[O-])cc2)cc1. The van der Waals surface area contributed by atoms with Gasteiger partial charge in [0, 0.05) is 23.5 Å². The summed E-state index contributed by atoms with van der Waals surface area (Å²) in [5.41, 5.74) is 4.18. The van der Waals surface area contributed by atoms with E-state index in [2.05, 4.69) is 24.4 Å². The number of nitrogens with one attached hydrogen (secondary N) is 1. The van der Waals surface area contributed by atoms with E-state index in [-0.39, 0.29) is 11.6 Å². The van der Waals surface area contributed by atoms with Crippen molar-refractivity contribution in [2.75, 3.05) is 10.2 Å². The first-order valence-electron chi connectivity index (χ1n) is 10.1. The van der Waals surface area contributed by atoms with E-state index >= 15 is 0 Å². The number of anilines is 2. The predicted octanol–water partition coefficient (Wildman–Crippen LogP) is 5.71. The van der Waals surface area contributed by atoms with E-state index < -0.39 is 11.1 Å². The summed E-state index contributed by atoms with van der Waals surface area (Å²) in [5, 5.41) is 14.4. The van der Waals surface area contributed by atoms with Gasteiger partial charge in [0.1, 0.15) is 6.17 Å². The standard InChI is InChI=1S/C24H23N3O3/c1-2-3-6-17-9-13-19(14-10-17)26-23(18-11-15-20(16-12-18)27(29)30)25-22-8-5-4-7-21(22)24(26)28/h4-5,7-16,23,25H,2-3,6H2,1H3/t23-/m0/s1. The number of rotatable bonds is 6. The quantitative estimate of drug-likeness (QED) is 0.424. The van der Waals surface area contributed by atoms with Crippen molar-refractivity contribution >= 4 is 23.0 Å². The van der Waals surface area contributed by atoms with Crippen LogP contribution in [0, 0.1) is 10.1 Å². The molecule has 0 saturated heterocycles. The van der Waals surface area contributed by atoms with Crippen LogP contribution in [0.25, 0.3) is 0 Å². The van der Waals surface area contributed by atoms with Crippen LogP contribution in [0.4, 0.5) is 17.1 Å². The van der Waals surface area contributed by atoms with Crippen molar-refractivity contribution in [3.63, 3.8) is 0 Å². The fourth-order valence-electron chi connectivity index (χ4n) is 3.74. The van der Waals surface area contributed by atoms with E-state index in [1.165, 1.54) is 17.7 Å². The zero-order valence-electron chi connectivity index (χ0n) is 16.7. The van der Waals surface area contributed by atoms with E-state index in [1.807, 2.05) is 30.3 Å². The summed E-state index contributed by atoms with van der Waals surface area (Å²) in [4.78, 5) is 25.7. The van der Waals surface area contributed by atoms with Crippen LogP contribution in [0.15, 0.2) is 72.8 Å². The van der Waals surface area contributed by atoms with Crippen molar-refractivity contribution in [3.05, 3.63) is 99.6 Å². The van der Waals surface area contributed by atoms with Crippen molar-refractivity contribution in [2.24, 2.45) is 0 Å². The number of hydrogen-bond donors (Lipinski definition) is 1. The van der Waals surface area contributed by atoms with Gasteiger partial charge in [0.25, 0.3) is 11.6 Å². The van der Waals surface area contributed by atoms with Crippen LogP contribution in [0.3, 0.4) is 0 Å². The number of nitro benzene ring substituents is 1. The van der Waals surface area contributed by atoms with E-state index in [4.69, 9.17) is 0 Å². The molecule has 1 aliphatic heterocycles. The number of non-ortho nitro benzene ring substituents is 1. The van der Waals surface area contributed by atoms with Gasteiger partial charge in [-0.25, -0.2) is 0 Å². The minimum absolute atomic E-state index is 0.0214. The molecule has 3 aromatic rings. The number of nitro groups is 1. The third-order valence-electron chi connectivity index (χ3n) is 5.38. The number of nitrogens with zero attached hydrogens (tertiary/aromatic N) is 2. The molecule has 152 valence electrons. The lowest BCUT2D eigenvalue weighted by Crippen LogP contribution is -2.43. The summed E-state index contributed by atoms with van der Waals surface area (Å²) in [7, 11) is 0. The Morgan fingerprint density at radius 2 is 1.70 bits per heavy atom. The fraction of sp³-hybridized carbons (Fsp3) is 0.208. The highest BCUT2D eigenvalue weighted by atomic mass is 16.6. The lowest BCUT2D eigenvalue weighted by atomic mass is 10.0. The van der Waals surface area contributed by atoms with Gasteiger partial charge in [0.15, 0.2) is 0 Å². The Balaban J connectivity index is 1.74. The number of aryl methyl sites for hydroxylation is 1. The van der Waals surface area contributed by atoms with Crippen molar-refractivity contribution < 1.29 is 9.72 Å². The van der Waals surface area contributed by atoms with E-state index in [9.17, 15) is 14.9 Å². The molecule has 6 nitrogen and oxygen atoms in total. The third-order valence-corrected chi connectivity index (χ3v) is 5.38. The van der Waals surface area contributed by atoms with E-state index in [0.29, 0.717) is 5.56 Å². The molecule has 0 aromatic heterocycles. The zero-order valence-corrected chi connectivity index (χ0v) is 16.7. The normalized spacial score (nSPS) is 15.4. The van der Waals surface area contributed by atoms with Gasteiger partial charge in [-0.3, -0.25) is 19.8 Å². The maximum atomic E-state index is 13.4. The predicted molar refractivity (Wildman–Crippen MR) is 118 cm³/mol. The number of fused-ring (bicyclic) bond motifs is 1. The molecule has 1 atom stereocenters. The average Bonchev–Trinajstić information content (AvgIpc) is 2.78. The van der Waals surface area contributed by atoms with Crippen molar-refractivity contribution in [3.8, 4) is 0 Å². The molecular formula is C24H23N3O3. The van der Waals surface area contributed by atoms with Crippen LogP contribution in [-0.2, 0) is 6.42 Å². The van der Waals surface area contributed by atoms with Gasteiger partial charge in [0.05, 0.1) is 10.5 Å². The van der Waals surface area contributed by atoms with Crippen LogP contribution in [0.5, 0.6) is 0 Å². The first-order valence-corrected chi connectivity index (χ1v) is 10.1. The molecule has 1 amide bonds. The molecule has 1 heterocycles. The summed E-state index contributed by atoms with van der Waals surface area (Å²) >= 11 is 0. The maximum absolute atomic E-state index is 13.4. The Morgan fingerprint density at radius 1 is 1.00 bits per heavy atom. The van der Waals surface area contributed by atoms with Gasteiger partial charge >= 0.3 is 0 Å². The highest BCUT2D eigenvalue weighted by molar-refractivity contribution is 6.12. The molecular weight excluding hydrogens is 378 g/mol. The molecule has 1 aliphatic rings. The summed E-state index contributed by atoms with van der Waals surface area (Å²) < 4.78 is 0. The third kappa shape index (κ3) is 3.76. The summed E-state index contributed by atoms with van der Waals surface area (Å²) in [5.74, 6) is -0.103. The Kier molecular flexibility index (Phi) is 5.48. The minimum Gasteiger partial charge on any atom is -0.360 e. The Hall–Kier alpha value is -3.67. The molecule has 4 rings (SSSR count). The number of hydrogen-bond acceptors (Lipinski definition) is 4. The first kappa shape index (κ1) is 19.6. The van der Waals surface area contributed by atoms with Crippen molar-refractivity contribution in [1.82, 2.24) is 0 Å². The van der Waals surface area contributed by atoms with Crippen LogP contribution >= 0.6 is 0 Å². The van der Waals surface area contributed by atoms with Crippen LogP contribution < -0.4 is 10.2 Å². The number of para-hydroxylation sites is 1. The molecule has 0 unspecified atom stereocenters. The number of amides is 1. The topological polar surface area (TPSA) is 75.5 Å². The largest absolute Gasteiger partial charge is 0.360 e. The van der Waals surface area contributed by atoms with Gasteiger partial charge in [-0.05, 0) is 60.4 Å². The van der Waals surface area contributed by atoms with Crippen molar-refractivity contribution in [1.29, 1.82) is 0 Å². The second-order valence-corrected chi connectivity index (χ2v) is 7.39. The molecule has 0 radical (unpaired) electrons. The zero-order chi connectivity index (χ0) is 21.1. The van der Waals surface area contributed by atoms with Gasteiger partial charge in [-0.15, -0.1) is 0 Å². The van der Waals surface area contributed by atoms with Crippen molar-refractivity contribution in [2.45, 2.75) is 32.4 Å². The monoisotopic (exact) mass is 401 g/mol. The molecule has 0 saturated carbocycles. The van der Waals surface area contributed by atoms with Gasteiger partial charge < -0.3 is 5.32 Å². The molecule has 0 spiro atoms. The van der Waals surface area contributed by atoms with E-state index in [0.717, 1.165) is 36.2 Å². The lowest BCUT2D eigenvalue weighted by Gasteiger charge is -2.38. The molecule has 0 bridgehead atoms. The number of unbranched alkanes of at least 4 members (excludes halogenated alkanes) is 1. The van der Waals surface area contributed by atoms with Gasteiger partial charge in [0.2, 0.25) is 0 Å². The lowest BCUT2D eigenvalue weighted by molar-refractivity contribution is -0.384. The smallest absolute Gasteiger partial charge is 0.269 e. The van der Waals surface area contributed by atoms with Gasteiger partial charge in [-0.1, -0.05) is 37.6 Å². The molecule has 30 heavy (non-hydrogen) atoms. The molecule has 3 aromatic carbocycles. The summed E-state index contributed by atoms with van der Waals surface area (Å²) in [6.45, 7) is 2.17. The molecule has 1 N–H and O–H groups in total. The Morgan fingerprint density at radius 3 is 2.37 bits per heavy atom. The molecule has 0 aliphatic carbocycles. The highest BCUT2D eigenvalue weighted by Gasteiger charge is 2.34. The van der Waals surface area contributed by atoms with E-state index in [1.54, 1.807) is 23.1 Å². The summed E-state index contributed by atoms with van der Waals surface area (Å²) in [6, 6.07) is 21.8. The maximum Gasteiger partial charge on any atom is 0.269 e. The number of benzene rings is 3. The first-order chi connectivity index (χ1) is 14.6. The molecule has 0 fully saturated rings. The van der Waals surface area contributed by atoms with Crippen LogP contribution in [0.2, 0.25) is 0 Å². The van der Waals surface area contributed by atoms with Gasteiger partial charge in [-0.2, -0.15) is 0 Å². The Bertz CT molecular complexity index is 1060. The highest BCUT2D eigenvalue weighted by Crippen LogP contribution is 2.37. The summed E-state index contributed by atoms with van der Waals surface area (Å²) in [6.07, 6.45) is 2.81. The fourth-order valence-corrected chi connectivity index (χ4v) is 3.74. The number of carbonyl (C=O) groups is 1. The minimum atomic E-state index is -0.463. The Labute approximate surface area is 175 Å². The second kappa shape index (κ2) is 8.37. The van der Waals surface area contributed by atoms with Crippen LogP contribution in [0.1, 0.15) is 47.4 Å². The molecule has 6 heteroatoms. The average molecular weight is 401 g/mol. The second-order valence-electron chi connectivity index (χ2n) is 7.39.